The molecule has 2 aromatic rings. The highest BCUT2D eigenvalue weighted by atomic mass is 16.6. The van der Waals surface area contributed by atoms with Gasteiger partial charge in [0.15, 0.2) is 0 Å². The molecule has 1 amide bonds. The van der Waals surface area contributed by atoms with Crippen molar-refractivity contribution >= 4 is 23.4 Å². The number of aryl methyl sites for hydroxylation is 1. The van der Waals surface area contributed by atoms with E-state index < -0.39 is 16.8 Å². The number of H-pyrrole nitrogens is 1. The van der Waals surface area contributed by atoms with E-state index in [0.717, 1.165) is 10.7 Å². The van der Waals surface area contributed by atoms with Crippen LogP contribution in [0.5, 0.6) is 0 Å². The third-order valence-electron chi connectivity index (χ3n) is 2.56. The molecule has 0 aromatic carbocycles. The second-order valence-electron chi connectivity index (χ2n) is 4.22. The largest absolute Gasteiger partial charge is 0.477 e. The van der Waals surface area contributed by atoms with Crippen molar-refractivity contribution in [1.82, 2.24) is 14.8 Å². The van der Waals surface area contributed by atoms with Crippen molar-refractivity contribution in [3.8, 4) is 0 Å². The number of carbonyl (C=O) groups is 2. The molecule has 0 radical (unpaired) electrons. The van der Waals surface area contributed by atoms with Crippen LogP contribution in [0.25, 0.3) is 0 Å². The van der Waals surface area contributed by atoms with Gasteiger partial charge in [0, 0.05) is 5.69 Å². The first-order valence-corrected chi connectivity index (χ1v) is 5.77. The van der Waals surface area contributed by atoms with E-state index in [1.165, 1.54) is 12.3 Å². The van der Waals surface area contributed by atoms with E-state index in [9.17, 15) is 19.7 Å². The van der Waals surface area contributed by atoms with E-state index in [-0.39, 0.29) is 23.7 Å². The van der Waals surface area contributed by atoms with Crippen LogP contribution in [-0.2, 0) is 11.3 Å². The molecule has 2 heterocycles. The van der Waals surface area contributed by atoms with Crippen molar-refractivity contribution < 1.29 is 19.6 Å². The standard InChI is InChI=1S/C11H11N5O5/c1-6-4-7(10(12-6)11(18)19)13-9(17)5-15-3-2-8(14-15)16(20)21/h2-4,12H,5H2,1H3,(H,13,17)(H,18,19). The van der Waals surface area contributed by atoms with Crippen molar-refractivity contribution in [2.45, 2.75) is 13.5 Å². The topological polar surface area (TPSA) is 143 Å². The summed E-state index contributed by atoms with van der Waals surface area (Å²) in [6.45, 7) is 1.39. The summed E-state index contributed by atoms with van der Waals surface area (Å²) in [5.41, 5.74) is 0.580. The molecule has 0 aliphatic heterocycles. The van der Waals surface area contributed by atoms with Crippen LogP contribution in [0, 0.1) is 17.0 Å². The Morgan fingerprint density at radius 1 is 1.57 bits per heavy atom. The van der Waals surface area contributed by atoms with Gasteiger partial charge in [0.25, 0.3) is 0 Å². The summed E-state index contributed by atoms with van der Waals surface area (Å²) in [6.07, 6.45) is 1.29. The molecule has 10 heteroatoms. The number of nitrogens with zero attached hydrogens (tertiary/aromatic N) is 3. The maximum atomic E-state index is 11.8. The van der Waals surface area contributed by atoms with Gasteiger partial charge in [-0.1, -0.05) is 0 Å². The molecule has 110 valence electrons. The zero-order valence-corrected chi connectivity index (χ0v) is 10.9. The number of nitro groups is 1. The van der Waals surface area contributed by atoms with Gasteiger partial charge in [-0.15, -0.1) is 0 Å². The zero-order valence-electron chi connectivity index (χ0n) is 10.9. The first-order chi connectivity index (χ1) is 9.86. The molecule has 0 aliphatic rings. The number of hydrogen-bond donors (Lipinski definition) is 3. The first-order valence-electron chi connectivity index (χ1n) is 5.77. The summed E-state index contributed by atoms with van der Waals surface area (Å²) in [7, 11) is 0. The summed E-state index contributed by atoms with van der Waals surface area (Å²) in [6, 6.07) is 2.64. The fourth-order valence-electron chi connectivity index (χ4n) is 1.73. The van der Waals surface area contributed by atoms with Crippen LogP contribution in [0.2, 0.25) is 0 Å². The molecule has 2 aromatic heterocycles. The summed E-state index contributed by atoms with van der Waals surface area (Å²) >= 11 is 0. The van der Waals surface area contributed by atoms with Crippen molar-refractivity contribution in [2.24, 2.45) is 0 Å². The van der Waals surface area contributed by atoms with Gasteiger partial charge in [0.1, 0.15) is 12.2 Å². The molecule has 0 saturated heterocycles. The SMILES string of the molecule is Cc1cc(NC(=O)Cn2ccc([N+](=O)[O-])n2)c(C(=O)O)[nH]1. The minimum absolute atomic E-state index is 0.131. The Balaban J connectivity index is 2.08. The lowest BCUT2D eigenvalue weighted by Crippen LogP contribution is -2.20. The summed E-state index contributed by atoms with van der Waals surface area (Å²) in [5.74, 6) is -2.12. The van der Waals surface area contributed by atoms with Crippen LogP contribution in [0.4, 0.5) is 11.5 Å². The van der Waals surface area contributed by atoms with Crippen LogP contribution in [0.1, 0.15) is 16.2 Å². The maximum absolute atomic E-state index is 11.8. The number of carboxylic acids is 1. The molecule has 10 nitrogen and oxygen atoms in total. The lowest BCUT2D eigenvalue weighted by Gasteiger charge is -2.02. The fourth-order valence-corrected chi connectivity index (χ4v) is 1.73. The third kappa shape index (κ3) is 3.23. The highest BCUT2D eigenvalue weighted by molar-refractivity contribution is 5.99. The number of carbonyl (C=O) groups excluding carboxylic acids is 1. The zero-order chi connectivity index (χ0) is 15.6. The van der Waals surface area contributed by atoms with Gasteiger partial charge in [0.05, 0.1) is 23.0 Å². The van der Waals surface area contributed by atoms with Crippen molar-refractivity contribution in [1.29, 1.82) is 0 Å². The summed E-state index contributed by atoms with van der Waals surface area (Å²) in [4.78, 5) is 35.2. The molecule has 21 heavy (non-hydrogen) atoms. The second-order valence-corrected chi connectivity index (χ2v) is 4.22. The average Bonchev–Trinajstić information content (AvgIpc) is 2.96. The van der Waals surface area contributed by atoms with Gasteiger partial charge in [-0.3, -0.25) is 4.79 Å². The summed E-state index contributed by atoms with van der Waals surface area (Å²) in [5, 5.41) is 25.4. The molecule has 0 atom stereocenters. The highest BCUT2D eigenvalue weighted by Gasteiger charge is 2.17. The number of aromatic amines is 1. The molecule has 0 spiro atoms. The molecule has 3 N–H and O–H groups in total. The van der Waals surface area contributed by atoms with E-state index in [1.54, 1.807) is 6.92 Å². The molecule has 0 fully saturated rings. The highest BCUT2D eigenvalue weighted by Crippen LogP contribution is 2.17. The Morgan fingerprint density at radius 3 is 2.86 bits per heavy atom. The number of aromatic carboxylic acids is 1. The minimum Gasteiger partial charge on any atom is -0.477 e. The predicted molar refractivity (Wildman–Crippen MR) is 70.0 cm³/mol. The number of carboxylic acid groups (broad SMARTS) is 1. The van der Waals surface area contributed by atoms with Crippen LogP contribution in [-0.4, -0.2) is 36.7 Å². The van der Waals surface area contributed by atoms with Gasteiger partial charge < -0.3 is 25.5 Å². The number of anilines is 1. The number of hydrogen-bond acceptors (Lipinski definition) is 5. The van der Waals surface area contributed by atoms with Crippen LogP contribution < -0.4 is 5.32 Å². The van der Waals surface area contributed by atoms with Gasteiger partial charge in [-0.05, 0) is 17.9 Å². The van der Waals surface area contributed by atoms with Crippen molar-refractivity contribution in [2.75, 3.05) is 5.32 Å². The van der Waals surface area contributed by atoms with E-state index in [1.807, 2.05) is 0 Å². The van der Waals surface area contributed by atoms with Gasteiger partial charge in [0.2, 0.25) is 5.91 Å². The lowest BCUT2D eigenvalue weighted by atomic mass is 10.3. The smallest absolute Gasteiger partial charge is 0.389 e. The average molecular weight is 293 g/mol. The van der Waals surface area contributed by atoms with Crippen LogP contribution in [0.15, 0.2) is 18.3 Å². The number of aromatic nitrogens is 3. The maximum Gasteiger partial charge on any atom is 0.389 e. The molecular formula is C11H11N5O5. The molecule has 0 saturated carbocycles. The quantitative estimate of drug-likeness (QED) is 0.548. The fraction of sp³-hybridized carbons (Fsp3) is 0.182. The second kappa shape index (κ2) is 5.45. The monoisotopic (exact) mass is 293 g/mol. The Morgan fingerprint density at radius 2 is 2.29 bits per heavy atom. The first kappa shape index (κ1) is 14.2. The Kier molecular flexibility index (Phi) is 3.69. The van der Waals surface area contributed by atoms with Crippen LogP contribution in [0.3, 0.4) is 0 Å². The third-order valence-corrected chi connectivity index (χ3v) is 2.56. The lowest BCUT2D eigenvalue weighted by molar-refractivity contribution is -0.389. The van der Waals surface area contributed by atoms with Crippen molar-refractivity contribution in [3.63, 3.8) is 0 Å². The number of rotatable bonds is 5. The molecule has 0 aliphatic carbocycles. The molecule has 0 bridgehead atoms. The van der Waals surface area contributed by atoms with Gasteiger partial charge in [-0.25, -0.2) is 4.79 Å². The van der Waals surface area contributed by atoms with E-state index in [2.05, 4.69) is 15.4 Å². The Bertz CT molecular complexity index is 716. The van der Waals surface area contributed by atoms with E-state index >= 15 is 0 Å². The normalized spacial score (nSPS) is 10.3. The van der Waals surface area contributed by atoms with E-state index in [4.69, 9.17) is 5.11 Å². The number of nitrogens with one attached hydrogen (secondary N) is 2. The predicted octanol–water partition coefficient (Wildman–Crippen LogP) is 0.765. The Hall–Kier alpha value is -3.17. The molecule has 0 unspecified atom stereocenters. The molecule has 2 rings (SSSR count). The van der Waals surface area contributed by atoms with Gasteiger partial charge in [-0.2, -0.15) is 4.68 Å². The molecular weight excluding hydrogens is 282 g/mol. The number of amides is 1. The van der Waals surface area contributed by atoms with Crippen LogP contribution >= 0.6 is 0 Å². The van der Waals surface area contributed by atoms with E-state index in [0.29, 0.717) is 5.69 Å². The van der Waals surface area contributed by atoms with Gasteiger partial charge >= 0.3 is 11.8 Å². The van der Waals surface area contributed by atoms with Crippen molar-refractivity contribution in [3.05, 3.63) is 39.8 Å². The minimum atomic E-state index is -1.20. The summed E-state index contributed by atoms with van der Waals surface area (Å²) < 4.78 is 1.09. The Labute approximate surface area is 117 Å².